The Hall–Kier alpha value is -3.59. The average molecular weight is 451 g/mol. The number of carbonyl (C=O) groups excluding carboxylic acids is 2. The number of nitrogens with zero attached hydrogens (tertiary/aromatic N) is 1. The molecule has 0 radical (unpaired) electrons. The SMILES string of the molecule is Cc1cccc(NC(=O)/C(C#N)=C/c2ccc(OC(=O)c3ccc(Cl)cc3Cl)cc2)c1. The number of hydrogen-bond donors (Lipinski definition) is 1. The van der Waals surface area contributed by atoms with Gasteiger partial charge in [0.05, 0.1) is 10.6 Å². The van der Waals surface area contributed by atoms with Crippen molar-refractivity contribution in [1.29, 1.82) is 5.26 Å². The van der Waals surface area contributed by atoms with Crippen LogP contribution in [-0.4, -0.2) is 11.9 Å². The molecule has 1 N–H and O–H groups in total. The van der Waals surface area contributed by atoms with Crippen LogP contribution < -0.4 is 10.1 Å². The molecule has 0 saturated carbocycles. The largest absolute Gasteiger partial charge is 0.423 e. The molecule has 0 spiro atoms. The fourth-order valence-corrected chi connectivity index (χ4v) is 3.17. The van der Waals surface area contributed by atoms with E-state index < -0.39 is 11.9 Å². The minimum Gasteiger partial charge on any atom is -0.423 e. The van der Waals surface area contributed by atoms with Gasteiger partial charge in [-0.15, -0.1) is 0 Å². The van der Waals surface area contributed by atoms with E-state index in [4.69, 9.17) is 27.9 Å². The molecular weight excluding hydrogens is 435 g/mol. The number of ether oxygens (including phenoxy) is 1. The fraction of sp³-hybridized carbons (Fsp3) is 0.0417. The maximum Gasteiger partial charge on any atom is 0.345 e. The summed E-state index contributed by atoms with van der Waals surface area (Å²) in [4.78, 5) is 24.7. The molecule has 3 aromatic carbocycles. The highest BCUT2D eigenvalue weighted by atomic mass is 35.5. The summed E-state index contributed by atoms with van der Waals surface area (Å²) in [6, 6.07) is 20.0. The van der Waals surface area contributed by atoms with Gasteiger partial charge in [-0.05, 0) is 66.6 Å². The van der Waals surface area contributed by atoms with Gasteiger partial charge in [0.2, 0.25) is 0 Å². The second-order valence-electron chi connectivity index (χ2n) is 6.58. The fourth-order valence-electron chi connectivity index (χ4n) is 2.69. The van der Waals surface area contributed by atoms with E-state index in [9.17, 15) is 14.9 Å². The van der Waals surface area contributed by atoms with Crippen molar-refractivity contribution < 1.29 is 14.3 Å². The van der Waals surface area contributed by atoms with Gasteiger partial charge in [0, 0.05) is 10.7 Å². The standard InChI is InChI=1S/C24H16Cl2N2O3/c1-15-3-2-4-19(11-15)28-23(29)17(14-27)12-16-5-8-20(9-6-16)31-24(30)21-10-7-18(25)13-22(21)26/h2-13H,1H3,(H,28,29)/b17-12+. The molecule has 1 amide bonds. The van der Waals surface area contributed by atoms with E-state index in [1.165, 1.54) is 18.2 Å². The first kappa shape index (κ1) is 22.1. The molecule has 0 atom stereocenters. The average Bonchev–Trinajstić information content (AvgIpc) is 2.73. The first-order valence-electron chi connectivity index (χ1n) is 9.13. The molecule has 3 aromatic rings. The van der Waals surface area contributed by atoms with Gasteiger partial charge >= 0.3 is 5.97 Å². The zero-order valence-corrected chi connectivity index (χ0v) is 17.9. The molecule has 3 rings (SSSR count). The van der Waals surface area contributed by atoms with Crippen LogP contribution in [0.1, 0.15) is 21.5 Å². The summed E-state index contributed by atoms with van der Waals surface area (Å²) in [5.74, 6) is -0.850. The Bertz CT molecular complexity index is 1210. The molecule has 0 saturated heterocycles. The summed E-state index contributed by atoms with van der Waals surface area (Å²) in [7, 11) is 0. The normalized spacial score (nSPS) is 10.8. The molecule has 7 heteroatoms. The van der Waals surface area contributed by atoms with Gasteiger partial charge in [0.1, 0.15) is 17.4 Å². The third-order valence-electron chi connectivity index (χ3n) is 4.19. The lowest BCUT2D eigenvalue weighted by Gasteiger charge is -2.07. The number of hydrogen-bond acceptors (Lipinski definition) is 4. The van der Waals surface area contributed by atoms with Crippen molar-refractivity contribution in [3.05, 3.63) is 99.0 Å². The Balaban J connectivity index is 1.70. The summed E-state index contributed by atoms with van der Waals surface area (Å²) < 4.78 is 5.31. The first-order chi connectivity index (χ1) is 14.9. The monoisotopic (exact) mass is 450 g/mol. The molecule has 0 unspecified atom stereocenters. The highest BCUT2D eigenvalue weighted by Crippen LogP contribution is 2.23. The minimum atomic E-state index is -0.625. The maximum absolute atomic E-state index is 12.4. The van der Waals surface area contributed by atoms with Crippen molar-refractivity contribution in [2.45, 2.75) is 6.92 Å². The molecular formula is C24H16Cl2N2O3. The molecule has 5 nitrogen and oxygen atoms in total. The smallest absolute Gasteiger partial charge is 0.345 e. The van der Waals surface area contributed by atoms with Gasteiger partial charge in [-0.3, -0.25) is 4.79 Å². The van der Waals surface area contributed by atoms with Crippen LogP contribution in [0.3, 0.4) is 0 Å². The molecule has 31 heavy (non-hydrogen) atoms. The van der Waals surface area contributed by atoms with Crippen LogP contribution in [-0.2, 0) is 4.79 Å². The second kappa shape index (κ2) is 9.94. The molecule has 0 aliphatic carbocycles. The van der Waals surface area contributed by atoms with Crippen LogP contribution in [0.15, 0.2) is 72.3 Å². The van der Waals surface area contributed by atoms with E-state index in [0.29, 0.717) is 16.3 Å². The number of esters is 1. The molecule has 0 bridgehead atoms. The van der Waals surface area contributed by atoms with E-state index in [0.717, 1.165) is 5.56 Å². The number of benzene rings is 3. The van der Waals surface area contributed by atoms with E-state index >= 15 is 0 Å². The van der Waals surface area contributed by atoms with Crippen molar-refractivity contribution >= 4 is 46.8 Å². The van der Waals surface area contributed by atoms with E-state index in [2.05, 4.69) is 5.32 Å². The van der Waals surface area contributed by atoms with E-state index in [1.54, 1.807) is 36.4 Å². The maximum atomic E-state index is 12.4. The number of amides is 1. The van der Waals surface area contributed by atoms with Crippen LogP contribution in [0.2, 0.25) is 10.0 Å². The topological polar surface area (TPSA) is 79.2 Å². The Morgan fingerprint density at radius 1 is 1.03 bits per heavy atom. The quantitative estimate of drug-likeness (QED) is 0.221. The highest BCUT2D eigenvalue weighted by Gasteiger charge is 2.14. The third-order valence-corrected chi connectivity index (χ3v) is 4.74. The van der Waals surface area contributed by atoms with Crippen molar-refractivity contribution in [1.82, 2.24) is 0 Å². The molecule has 0 fully saturated rings. The lowest BCUT2D eigenvalue weighted by molar-refractivity contribution is -0.112. The number of halogens is 2. The van der Waals surface area contributed by atoms with Gasteiger partial charge in [0.25, 0.3) is 5.91 Å². The number of anilines is 1. The minimum absolute atomic E-state index is 0.0563. The number of aryl methyl sites for hydroxylation is 1. The number of carbonyl (C=O) groups is 2. The number of nitrogens with one attached hydrogen (secondary N) is 1. The van der Waals surface area contributed by atoms with Crippen LogP contribution >= 0.6 is 23.2 Å². The lowest BCUT2D eigenvalue weighted by atomic mass is 10.1. The van der Waals surface area contributed by atoms with Crippen molar-refractivity contribution in [2.75, 3.05) is 5.32 Å². The molecule has 0 aliphatic heterocycles. The molecule has 0 aliphatic rings. The van der Waals surface area contributed by atoms with Crippen molar-refractivity contribution in [3.8, 4) is 11.8 Å². The summed E-state index contributed by atoms with van der Waals surface area (Å²) in [5.41, 5.74) is 2.33. The summed E-state index contributed by atoms with van der Waals surface area (Å²) in [6.45, 7) is 1.91. The predicted molar refractivity (Wildman–Crippen MR) is 121 cm³/mol. The van der Waals surface area contributed by atoms with Gasteiger partial charge in [-0.2, -0.15) is 5.26 Å². The lowest BCUT2D eigenvalue weighted by Crippen LogP contribution is -2.13. The third kappa shape index (κ3) is 5.95. The van der Waals surface area contributed by atoms with E-state index in [1.807, 2.05) is 31.2 Å². The summed E-state index contributed by atoms with van der Waals surface area (Å²) in [5, 5.41) is 12.7. The Morgan fingerprint density at radius 2 is 1.77 bits per heavy atom. The Kier molecular flexibility index (Phi) is 7.09. The Labute approximate surface area is 189 Å². The van der Waals surface area contributed by atoms with E-state index in [-0.39, 0.29) is 21.9 Å². The first-order valence-corrected chi connectivity index (χ1v) is 9.88. The molecule has 0 heterocycles. The molecule has 0 aromatic heterocycles. The van der Waals surface area contributed by atoms with Crippen LogP contribution in [0.25, 0.3) is 6.08 Å². The van der Waals surface area contributed by atoms with Gasteiger partial charge in [-0.25, -0.2) is 4.79 Å². The second-order valence-corrected chi connectivity index (χ2v) is 7.42. The Morgan fingerprint density at radius 3 is 2.42 bits per heavy atom. The number of rotatable bonds is 5. The van der Waals surface area contributed by atoms with Gasteiger partial charge in [0.15, 0.2) is 0 Å². The predicted octanol–water partition coefficient (Wildman–Crippen LogP) is 6.07. The zero-order valence-electron chi connectivity index (χ0n) is 16.4. The summed E-state index contributed by atoms with van der Waals surface area (Å²) >= 11 is 11.9. The highest BCUT2D eigenvalue weighted by molar-refractivity contribution is 6.36. The van der Waals surface area contributed by atoms with Crippen LogP contribution in [0.5, 0.6) is 5.75 Å². The van der Waals surface area contributed by atoms with Crippen LogP contribution in [0.4, 0.5) is 5.69 Å². The van der Waals surface area contributed by atoms with Crippen molar-refractivity contribution in [2.24, 2.45) is 0 Å². The van der Waals surface area contributed by atoms with Gasteiger partial charge in [-0.1, -0.05) is 47.5 Å². The zero-order chi connectivity index (χ0) is 22.4. The van der Waals surface area contributed by atoms with Crippen LogP contribution in [0, 0.1) is 18.3 Å². The molecule has 154 valence electrons. The number of nitriles is 1. The summed E-state index contributed by atoms with van der Waals surface area (Å²) in [6.07, 6.45) is 1.45. The van der Waals surface area contributed by atoms with Crippen molar-refractivity contribution in [3.63, 3.8) is 0 Å². The van der Waals surface area contributed by atoms with Gasteiger partial charge < -0.3 is 10.1 Å².